The van der Waals surface area contributed by atoms with Crippen LogP contribution in [0.5, 0.6) is 0 Å². The fourth-order valence-corrected chi connectivity index (χ4v) is 0.564. The van der Waals surface area contributed by atoms with Gasteiger partial charge >= 0.3 is 0 Å². The van der Waals surface area contributed by atoms with Crippen LogP contribution >= 0.6 is 0 Å². The molecular weight excluding hydrogens is 110 g/mol. The van der Waals surface area contributed by atoms with Gasteiger partial charge in [-0.05, 0) is 15.7 Å². The van der Waals surface area contributed by atoms with E-state index in [-0.39, 0.29) is 0 Å². The highest BCUT2D eigenvalue weighted by atomic mass is 28.2. The lowest BCUT2D eigenvalue weighted by Crippen LogP contribution is -1.80. The number of hydrogen-bond acceptors (Lipinski definition) is 5. The molecule has 5 nitrogen and oxygen atoms in total. The van der Waals surface area contributed by atoms with Crippen LogP contribution in [-0.2, 0) is 0 Å². The monoisotopic (exact) mass is 113 g/mol. The molecule has 0 unspecified atom stereocenters. The Morgan fingerprint density at radius 3 is 3.14 bits per heavy atom. The molecule has 0 saturated carbocycles. The highest BCUT2D eigenvalue weighted by Crippen LogP contribution is 1.82. The van der Waals surface area contributed by atoms with E-state index in [1.54, 1.807) is 5.84 Å². The van der Waals surface area contributed by atoms with Crippen molar-refractivity contribution in [3.05, 3.63) is 0 Å². The molecule has 0 fully saturated rings. The van der Waals surface area contributed by atoms with Gasteiger partial charge in [0.25, 0.3) is 0 Å². The second-order valence-corrected chi connectivity index (χ2v) is 1.90. The Balaban J connectivity index is 2.60. The van der Waals surface area contributed by atoms with Crippen LogP contribution in [0.15, 0.2) is 25.6 Å². The van der Waals surface area contributed by atoms with Crippen molar-refractivity contribution in [2.45, 2.75) is 0 Å². The highest BCUT2D eigenvalue weighted by molar-refractivity contribution is 6.66. The average molecular weight is 113 g/mol. The first-order valence-corrected chi connectivity index (χ1v) is 3.23. The van der Waals surface area contributed by atoms with Crippen LogP contribution in [0.4, 0.5) is 0 Å². The normalized spacial score (nSPS) is 20.6. The minimum Gasteiger partial charge on any atom is -0.214 e. The third-order valence-corrected chi connectivity index (χ3v) is 1.06. The van der Waals surface area contributed by atoms with Gasteiger partial charge in [0, 0.05) is 5.84 Å². The number of rotatable bonds is 0. The van der Waals surface area contributed by atoms with Crippen LogP contribution in [0, 0.1) is 0 Å². The van der Waals surface area contributed by atoms with Crippen molar-refractivity contribution in [3.8, 4) is 0 Å². The Bertz CT molecular complexity index is 110. The van der Waals surface area contributed by atoms with Crippen molar-refractivity contribution in [2.75, 3.05) is 0 Å². The fraction of sp³-hybridized carbons (Fsp3) is 0. The lowest BCUT2D eigenvalue weighted by Gasteiger charge is -1.63. The number of hydrogen-bond donors (Lipinski definition) is 0. The van der Waals surface area contributed by atoms with Crippen molar-refractivity contribution in [1.29, 1.82) is 0 Å². The molecule has 0 aromatic rings. The summed E-state index contributed by atoms with van der Waals surface area (Å²) in [5.41, 5.74) is 0. The molecular formula is CH3N5Si. The molecule has 0 bridgehead atoms. The van der Waals surface area contributed by atoms with Crippen LogP contribution in [0.2, 0.25) is 0 Å². The van der Waals surface area contributed by atoms with E-state index in [1.165, 1.54) is 0 Å². The molecule has 1 aliphatic rings. The van der Waals surface area contributed by atoms with Crippen molar-refractivity contribution in [3.63, 3.8) is 0 Å². The minimum atomic E-state index is -0.547. The van der Waals surface area contributed by atoms with E-state index in [4.69, 9.17) is 0 Å². The summed E-state index contributed by atoms with van der Waals surface area (Å²) in [5.74, 6) is 1.67. The van der Waals surface area contributed by atoms with Crippen LogP contribution in [-0.4, -0.2) is 15.5 Å². The van der Waals surface area contributed by atoms with Gasteiger partial charge in [0.2, 0.25) is 9.68 Å². The zero-order chi connectivity index (χ0) is 4.95. The van der Waals surface area contributed by atoms with Gasteiger partial charge in [-0.1, -0.05) is 0 Å². The molecule has 1 rings (SSSR count). The predicted molar refractivity (Wildman–Crippen MR) is 26.7 cm³/mol. The zero-order valence-corrected chi connectivity index (χ0v) is 4.93. The lowest BCUT2D eigenvalue weighted by atomic mass is 11.7. The Morgan fingerprint density at radius 2 is 2.14 bits per heavy atom. The molecule has 36 valence electrons. The standard InChI is InChI=1S/CH3N5Si/c1-2-3-4-5-6-7-1/h1H,7H2. The van der Waals surface area contributed by atoms with Gasteiger partial charge in [0.15, 0.2) is 0 Å². The van der Waals surface area contributed by atoms with Crippen LogP contribution in [0.1, 0.15) is 0 Å². The maximum atomic E-state index is 3.62. The molecule has 0 amide bonds. The molecule has 0 aromatic heterocycles. The summed E-state index contributed by atoms with van der Waals surface area (Å²) in [7, 11) is -0.547. The van der Waals surface area contributed by atoms with Gasteiger partial charge in [-0.2, -0.15) is 0 Å². The first-order chi connectivity index (χ1) is 3.50. The van der Waals surface area contributed by atoms with Crippen LogP contribution < -0.4 is 0 Å². The molecule has 1 heterocycles. The second kappa shape index (κ2) is 2.29. The van der Waals surface area contributed by atoms with E-state index in [0.717, 1.165) is 0 Å². The maximum Gasteiger partial charge on any atom is 0.226 e. The average Bonchev–Trinajstić information content (AvgIpc) is 1.90. The Kier molecular flexibility index (Phi) is 1.39. The van der Waals surface area contributed by atoms with Crippen molar-refractivity contribution < 1.29 is 0 Å². The van der Waals surface area contributed by atoms with E-state index in [9.17, 15) is 0 Å². The summed E-state index contributed by atoms with van der Waals surface area (Å²) in [6, 6.07) is 0. The van der Waals surface area contributed by atoms with Gasteiger partial charge in [0.1, 0.15) is 0 Å². The van der Waals surface area contributed by atoms with Crippen molar-refractivity contribution in [1.82, 2.24) is 0 Å². The van der Waals surface area contributed by atoms with Gasteiger partial charge in [-0.25, -0.2) is 4.78 Å². The molecule has 7 heavy (non-hydrogen) atoms. The summed E-state index contributed by atoms with van der Waals surface area (Å²) in [5, 5.41) is 13.2. The summed E-state index contributed by atoms with van der Waals surface area (Å²) in [6.07, 6.45) is 0. The van der Waals surface area contributed by atoms with Gasteiger partial charge in [-0.15, -0.1) is 5.10 Å². The van der Waals surface area contributed by atoms with Gasteiger partial charge in [0.05, 0.1) is 0 Å². The topological polar surface area (TPSA) is 61.8 Å². The Morgan fingerprint density at radius 1 is 1.14 bits per heavy atom. The maximum absolute atomic E-state index is 3.62. The van der Waals surface area contributed by atoms with Crippen molar-refractivity contribution >= 4 is 15.5 Å². The fourth-order valence-electron chi connectivity index (χ4n) is 0.215. The quantitative estimate of drug-likeness (QED) is 0.392. The minimum absolute atomic E-state index is 0.547. The van der Waals surface area contributed by atoms with Crippen LogP contribution in [0.3, 0.4) is 0 Å². The van der Waals surface area contributed by atoms with E-state index in [1.807, 2.05) is 0 Å². The largest absolute Gasteiger partial charge is 0.226 e. The van der Waals surface area contributed by atoms with Crippen molar-refractivity contribution in [2.24, 2.45) is 25.6 Å². The molecule has 0 aromatic carbocycles. The number of nitrogens with zero attached hydrogens (tertiary/aromatic N) is 5. The smallest absolute Gasteiger partial charge is 0.214 e. The molecule has 1 aliphatic heterocycles. The molecule has 6 heteroatoms. The zero-order valence-electron chi connectivity index (χ0n) is 3.52. The van der Waals surface area contributed by atoms with Crippen LogP contribution in [0.25, 0.3) is 0 Å². The highest BCUT2D eigenvalue weighted by Gasteiger charge is 1.77. The SMILES string of the molecule is C1=NN=NN=N[SiH2]1. The molecule has 0 atom stereocenters. The summed E-state index contributed by atoms with van der Waals surface area (Å²) >= 11 is 0. The molecule has 0 aliphatic carbocycles. The Hall–Kier alpha value is -0.913. The second-order valence-electron chi connectivity index (χ2n) is 0.890. The third-order valence-electron chi connectivity index (χ3n) is 0.440. The van der Waals surface area contributed by atoms with E-state index in [0.29, 0.717) is 0 Å². The van der Waals surface area contributed by atoms with Gasteiger partial charge in [-0.3, -0.25) is 0 Å². The predicted octanol–water partition coefficient (Wildman–Crippen LogP) is -0.153. The summed E-state index contributed by atoms with van der Waals surface area (Å²) in [6.45, 7) is 0. The Labute approximate surface area is 42.1 Å². The van der Waals surface area contributed by atoms with E-state index in [2.05, 4.69) is 25.6 Å². The van der Waals surface area contributed by atoms with E-state index >= 15 is 0 Å². The first kappa shape index (κ1) is 4.25. The third kappa shape index (κ3) is 1.31. The molecule has 0 N–H and O–H groups in total. The van der Waals surface area contributed by atoms with E-state index < -0.39 is 9.68 Å². The molecule has 0 radical (unpaired) electrons. The summed E-state index contributed by atoms with van der Waals surface area (Å²) in [4.78, 5) is 0. The summed E-state index contributed by atoms with van der Waals surface area (Å²) < 4.78 is 3.62. The van der Waals surface area contributed by atoms with Gasteiger partial charge < -0.3 is 0 Å². The molecule has 0 saturated heterocycles. The first-order valence-electron chi connectivity index (χ1n) is 1.78. The lowest BCUT2D eigenvalue weighted by molar-refractivity contribution is 0.921. The molecule has 0 spiro atoms.